The maximum absolute atomic E-state index is 12.6. The highest BCUT2D eigenvalue weighted by Crippen LogP contribution is 2.23. The largest absolute Gasteiger partial charge is 0.368 e. The monoisotopic (exact) mass is 330 g/mol. The van der Waals surface area contributed by atoms with Gasteiger partial charge in [0, 0.05) is 17.2 Å². The van der Waals surface area contributed by atoms with Crippen LogP contribution in [0, 0.1) is 0 Å². The van der Waals surface area contributed by atoms with Gasteiger partial charge in [-0.1, -0.05) is 19.0 Å². The first-order chi connectivity index (χ1) is 11.5. The molecule has 0 aliphatic heterocycles. The number of aromatic nitrogens is 4. The quantitative estimate of drug-likeness (QED) is 0.878. The van der Waals surface area contributed by atoms with Crippen molar-refractivity contribution >= 4 is 11.9 Å². The lowest BCUT2D eigenvalue weighted by Crippen LogP contribution is -2.30. The summed E-state index contributed by atoms with van der Waals surface area (Å²) in [6.45, 7) is 5.76. The van der Waals surface area contributed by atoms with E-state index in [0.29, 0.717) is 17.4 Å². The summed E-state index contributed by atoms with van der Waals surface area (Å²) in [5.74, 6) is 1.00. The van der Waals surface area contributed by atoms with Crippen LogP contribution in [0.25, 0.3) is 0 Å². The van der Waals surface area contributed by atoms with Crippen molar-refractivity contribution in [2.75, 3.05) is 5.73 Å². The van der Waals surface area contributed by atoms with E-state index in [1.165, 1.54) is 0 Å². The van der Waals surface area contributed by atoms with E-state index in [1.54, 1.807) is 6.92 Å². The number of nitrogens with one attached hydrogen (secondary N) is 1. The molecule has 1 aliphatic carbocycles. The molecule has 0 spiro atoms. The van der Waals surface area contributed by atoms with Gasteiger partial charge in [0.1, 0.15) is 11.7 Å². The summed E-state index contributed by atoms with van der Waals surface area (Å²) in [5.41, 5.74) is 7.89. The zero-order valence-corrected chi connectivity index (χ0v) is 14.2. The minimum Gasteiger partial charge on any atom is -0.368 e. The van der Waals surface area contributed by atoms with Gasteiger partial charge in [-0.15, -0.1) is 0 Å². The molecule has 2 aromatic heterocycles. The molecule has 128 valence electrons. The molecular formula is C16H22N6O2. The van der Waals surface area contributed by atoms with Crippen molar-refractivity contribution in [3.8, 4) is 0 Å². The second-order valence-electron chi connectivity index (χ2n) is 6.40. The Labute approximate surface area is 140 Å². The number of anilines is 1. The van der Waals surface area contributed by atoms with E-state index in [2.05, 4.69) is 25.4 Å². The van der Waals surface area contributed by atoms with Crippen molar-refractivity contribution in [2.45, 2.75) is 58.4 Å². The molecule has 0 bridgehead atoms. The number of hydrogen-bond donors (Lipinski definition) is 2. The van der Waals surface area contributed by atoms with Gasteiger partial charge in [-0.05, 0) is 32.6 Å². The normalized spacial score (nSPS) is 15.2. The highest BCUT2D eigenvalue weighted by molar-refractivity contribution is 5.94. The number of nitrogen functional groups attached to an aromatic ring is 1. The van der Waals surface area contributed by atoms with Crippen LogP contribution in [0.3, 0.4) is 0 Å². The van der Waals surface area contributed by atoms with Crippen LogP contribution in [0.2, 0.25) is 0 Å². The van der Waals surface area contributed by atoms with Crippen molar-refractivity contribution in [3.05, 3.63) is 28.7 Å². The van der Waals surface area contributed by atoms with Gasteiger partial charge in [-0.2, -0.15) is 4.98 Å². The molecule has 0 radical (unpaired) electrons. The number of carbonyl (C=O) groups excluding carboxylic acids is 1. The fourth-order valence-corrected chi connectivity index (χ4v) is 2.79. The number of aryl methyl sites for hydroxylation is 1. The molecule has 1 aliphatic rings. The zero-order chi connectivity index (χ0) is 17.3. The van der Waals surface area contributed by atoms with Crippen LogP contribution in [0.1, 0.15) is 79.0 Å². The lowest BCUT2D eigenvalue weighted by atomic mass is 9.94. The van der Waals surface area contributed by atoms with E-state index in [1.807, 2.05) is 13.8 Å². The zero-order valence-electron chi connectivity index (χ0n) is 14.2. The standard InChI is InChI=1S/C16H22N6O2/c1-8(2)13-21-15(24-22-13)9(3)18-14(23)12-10-6-4-5-7-11(10)19-16(17)20-12/h8-9H,4-7H2,1-3H3,(H,18,23)(H2,17,19,20). The second-order valence-corrected chi connectivity index (χ2v) is 6.40. The summed E-state index contributed by atoms with van der Waals surface area (Å²) in [6.07, 6.45) is 3.71. The van der Waals surface area contributed by atoms with Gasteiger partial charge in [-0.25, -0.2) is 9.97 Å². The third-order valence-electron chi connectivity index (χ3n) is 4.11. The number of hydrogen-bond acceptors (Lipinski definition) is 7. The molecule has 3 N–H and O–H groups in total. The van der Waals surface area contributed by atoms with Crippen LogP contribution in [0.15, 0.2) is 4.52 Å². The van der Waals surface area contributed by atoms with Crippen LogP contribution in [0.4, 0.5) is 5.95 Å². The number of carbonyl (C=O) groups is 1. The Balaban J connectivity index is 1.80. The summed E-state index contributed by atoms with van der Waals surface area (Å²) < 4.78 is 5.23. The van der Waals surface area contributed by atoms with Gasteiger partial charge < -0.3 is 15.6 Å². The number of amides is 1. The maximum atomic E-state index is 12.6. The Hall–Kier alpha value is -2.51. The molecule has 2 aromatic rings. The number of rotatable bonds is 4. The van der Waals surface area contributed by atoms with E-state index in [-0.39, 0.29) is 17.8 Å². The molecule has 1 amide bonds. The Morgan fingerprint density at radius 3 is 2.62 bits per heavy atom. The third-order valence-corrected chi connectivity index (χ3v) is 4.11. The second kappa shape index (κ2) is 6.54. The lowest BCUT2D eigenvalue weighted by molar-refractivity contribution is 0.0926. The molecule has 1 atom stereocenters. The van der Waals surface area contributed by atoms with Crippen LogP contribution < -0.4 is 11.1 Å². The predicted molar refractivity (Wildman–Crippen MR) is 87.4 cm³/mol. The summed E-state index contributed by atoms with van der Waals surface area (Å²) in [4.78, 5) is 25.4. The third kappa shape index (κ3) is 3.22. The SMILES string of the molecule is CC(C)c1noc(C(C)NC(=O)c2nc(N)nc3c2CCCC3)n1. The molecule has 0 saturated heterocycles. The Morgan fingerprint density at radius 2 is 1.92 bits per heavy atom. The van der Waals surface area contributed by atoms with Gasteiger partial charge in [0.25, 0.3) is 5.91 Å². The Morgan fingerprint density at radius 1 is 1.17 bits per heavy atom. The van der Waals surface area contributed by atoms with Crippen LogP contribution in [-0.2, 0) is 12.8 Å². The number of nitrogens with two attached hydrogens (primary N) is 1. The molecule has 1 unspecified atom stereocenters. The predicted octanol–water partition coefficient (Wildman–Crippen LogP) is 1.93. The highest BCUT2D eigenvalue weighted by atomic mass is 16.5. The minimum atomic E-state index is -0.409. The Bertz CT molecular complexity index is 755. The molecule has 24 heavy (non-hydrogen) atoms. The highest BCUT2D eigenvalue weighted by Gasteiger charge is 2.24. The average molecular weight is 330 g/mol. The molecule has 0 aromatic carbocycles. The van der Waals surface area contributed by atoms with E-state index in [4.69, 9.17) is 10.3 Å². The lowest BCUT2D eigenvalue weighted by Gasteiger charge is -2.18. The smallest absolute Gasteiger partial charge is 0.271 e. The molecule has 3 rings (SSSR count). The molecule has 0 saturated carbocycles. The van der Waals surface area contributed by atoms with Crippen LogP contribution >= 0.6 is 0 Å². The summed E-state index contributed by atoms with van der Waals surface area (Å²) in [5, 5.41) is 6.78. The van der Waals surface area contributed by atoms with Crippen LogP contribution in [-0.4, -0.2) is 26.0 Å². The van der Waals surface area contributed by atoms with Gasteiger partial charge in [-0.3, -0.25) is 4.79 Å². The van der Waals surface area contributed by atoms with Gasteiger partial charge in [0.15, 0.2) is 5.82 Å². The first-order valence-corrected chi connectivity index (χ1v) is 8.25. The van der Waals surface area contributed by atoms with Crippen molar-refractivity contribution < 1.29 is 9.32 Å². The first-order valence-electron chi connectivity index (χ1n) is 8.25. The first kappa shape index (κ1) is 16.4. The minimum absolute atomic E-state index is 0.133. The van der Waals surface area contributed by atoms with Gasteiger partial charge >= 0.3 is 0 Å². The molecule has 8 heteroatoms. The summed E-state index contributed by atoms with van der Waals surface area (Å²) >= 11 is 0. The maximum Gasteiger partial charge on any atom is 0.271 e. The molecular weight excluding hydrogens is 308 g/mol. The fraction of sp³-hybridized carbons (Fsp3) is 0.562. The van der Waals surface area contributed by atoms with Gasteiger partial charge in [0.05, 0.1) is 0 Å². The van der Waals surface area contributed by atoms with Crippen molar-refractivity contribution in [1.82, 2.24) is 25.4 Å². The van der Waals surface area contributed by atoms with Crippen molar-refractivity contribution in [3.63, 3.8) is 0 Å². The summed E-state index contributed by atoms with van der Waals surface area (Å²) in [6, 6.07) is -0.409. The van der Waals surface area contributed by atoms with Gasteiger partial charge in [0.2, 0.25) is 11.8 Å². The summed E-state index contributed by atoms with van der Waals surface area (Å²) in [7, 11) is 0. The molecule has 2 heterocycles. The van der Waals surface area contributed by atoms with E-state index < -0.39 is 6.04 Å². The fourth-order valence-electron chi connectivity index (χ4n) is 2.79. The number of fused-ring (bicyclic) bond motifs is 1. The Kier molecular flexibility index (Phi) is 4.46. The van der Waals surface area contributed by atoms with E-state index >= 15 is 0 Å². The van der Waals surface area contributed by atoms with E-state index in [0.717, 1.165) is 36.9 Å². The topological polar surface area (TPSA) is 120 Å². The van der Waals surface area contributed by atoms with E-state index in [9.17, 15) is 4.79 Å². The number of nitrogens with zero attached hydrogens (tertiary/aromatic N) is 4. The molecule has 0 fully saturated rings. The van der Waals surface area contributed by atoms with Crippen molar-refractivity contribution in [1.29, 1.82) is 0 Å². The average Bonchev–Trinajstić information content (AvgIpc) is 3.04. The van der Waals surface area contributed by atoms with Crippen molar-refractivity contribution in [2.24, 2.45) is 0 Å². The molecule has 8 nitrogen and oxygen atoms in total. The van der Waals surface area contributed by atoms with Crippen LogP contribution in [0.5, 0.6) is 0 Å².